The largest absolute Gasteiger partial charge is 0.451 e. The molecule has 2 aliphatic heterocycles. The van der Waals surface area contributed by atoms with Gasteiger partial charge in [-0.25, -0.2) is 18.2 Å². The molecule has 0 N–H and O–H groups in total. The Morgan fingerprint density at radius 2 is 2.00 bits per heavy atom. The zero-order chi connectivity index (χ0) is 20.4. The molecule has 29 heavy (non-hydrogen) atoms. The Bertz CT molecular complexity index is 1060. The zero-order valence-electron chi connectivity index (χ0n) is 15.4. The third-order valence-electron chi connectivity index (χ3n) is 4.66. The van der Waals surface area contributed by atoms with E-state index in [2.05, 4.69) is 15.3 Å². The number of nitrogens with zero attached hydrogens (tertiary/aromatic N) is 4. The number of ether oxygens (including phenoxy) is 1. The Balaban J connectivity index is 1.40. The minimum absolute atomic E-state index is 0.0116. The number of benzene rings is 1. The van der Waals surface area contributed by atoms with Crippen LogP contribution in [0.2, 0.25) is 0 Å². The molecule has 0 aliphatic carbocycles. The van der Waals surface area contributed by atoms with Gasteiger partial charge in [-0.15, -0.1) is 10.2 Å². The van der Waals surface area contributed by atoms with Crippen molar-refractivity contribution < 1.29 is 27.2 Å². The van der Waals surface area contributed by atoms with Gasteiger partial charge in [-0.2, -0.15) is 5.10 Å². The van der Waals surface area contributed by atoms with Gasteiger partial charge >= 0.3 is 5.97 Å². The Morgan fingerprint density at radius 1 is 1.21 bits per heavy atom. The lowest BCUT2D eigenvalue weighted by Gasteiger charge is -2.27. The number of rotatable bonds is 5. The van der Waals surface area contributed by atoms with Crippen LogP contribution in [-0.2, 0) is 30.8 Å². The van der Waals surface area contributed by atoms with Gasteiger partial charge in [0.05, 0.1) is 17.5 Å². The number of hydrogen-bond acceptors (Lipinski definition) is 9. The Hall–Kier alpha value is -3.08. The number of aromatic nitrogens is 2. The summed E-state index contributed by atoms with van der Waals surface area (Å²) in [7, 11) is -3.18. The number of hydrogen-bond donors (Lipinski definition) is 0. The summed E-state index contributed by atoms with van der Waals surface area (Å²) >= 11 is 0. The molecule has 1 fully saturated rings. The van der Waals surface area contributed by atoms with E-state index < -0.39 is 21.8 Å². The lowest BCUT2D eigenvalue weighted by Crippen LogP contribution is -2.42. The molecule has 0 bridgehead atoms. The molecule has 4 rings (SSSR count). The Morgan fingerprint density at radius 3 is 2.72 bits per heavy atom. The first-order valence-electron chi connectivity index (χ1n) is 9.06. The molecule has 11 heteroatoms. The van der Waals surface area contributed by atoms with Crippen LogP contribution in [-0.4, -0.2) is 58.8 Å². The number of esters is 1. The number of carbonyl (C=O) groups is 2. The first kappa shape index (κ1) is 19.2. The minimum atomic E-state index is -3.18. The van der Waals surface area contributed by atoms with Crippen LogP contribution in [0.3, 0.4) is 0 Å². The van der Waals surface area contributed by atoms with Gasteiger partial charge in [0.1, 0.15) is 5.71 Å². The molecule has 1 aromatic heterocycles. The maximum Gasteiger partial charge on any atom is 0.355 e. The third kappa shape index (κ3) is 4.34. The van der Waals surface area contributed by atoms with Crippen molar-refractivity contribution >= 4 is 27.4 Å². The van der Waals surface area contributed by atoms with Crippen molar-refractivity contribution in [3.63, 3.8) is 0 Å². The van der Waals surface area contributed by atoms with Crippen molar-refractivity contribution in [1.82, 2.24) is 15.2 Å². The SMILES string of the molecule is O=C(OCc1nnc(-c2ccccc2)o1)C1=NN(C2CCS(=O)(=O)C2)C(=O)CC1. The molecule has 0 saturated carbocycles. The quantitative estimate of drug-likeness (QED) is 0.656. The summed E-state index contributed by atoms with van der Waals surface area (Å²) in [6.07, 6.45) is 0.514. The average molecular weight is 418 g/mol. The van der Waals surface area contributed by atoms with Crippen LogP contribution in [0.15, 0.2) is 39.9 Å². The average Bonchev–Trinajstić information content (AvgIpc) is 3.33. The number of carbonyl (C=O) groups excluding carboxylic acids is 2. The van der Waals surface area contributed by atoms with E-state index in [1.165, 1.54) is 0 Å². The molecule has 3 heterocycles. The third-order valence-corrected chi connectivity index (χ3v) is 6.41. The molecule has 1 amide bonds. The number of hydrazone groups is 1. The fraction of sp³-hybridized carbons (Fsp3) is 0.389. The lowest BCUT2D eigenvalue weighted by molar-refractivity contribution is -0.138. The standard InChI is InChI=1S/C18H18N4O6S/c23-16-7-6-14(21-22(16)13-8-9-29(25,26)11-13)18(24)27-10-15-19-20-17(28-15)12-4-2-1-3-5-12/h1-5,13H,6-11H2. The van der Waals surface area contributed by atoms with Crippen molar-refractivity contribution in [2.24, 2.45) is 5.10 Å². The highest BCUT2D eigenvalue weighted by atomic mass is 32.2. The van der Waals surface area contributed by atoms with Gasteiger partial charge in [-0.05, 0) is 18.6 Å². The van der Waals surface area contributed by atoms with Gasteiger partial charge in [0.25, 0.3) is 5.89 Å². The summed E-state index contributed by atoms with van der Waals surface area (Å²) < 4.78 is 34.0. The first-order chi connectivity index (χ1) is 13.9. The molecule has 1 aromatic carbocycles. The van der Waals surface area contributed by atoms with Gasteiger partial charge in [0, 0.05) is 18.4 Å². The summed E-state index contributed by atoms with van der Waals surface area (Å²) in [5.41, 5.74) is 0.812. The summed E-state index contributed by atoms with van der Waals surface area (Å²) in [6.45, 7) is -0.233. The van der Waals surface area contributed by atoms with Crippen LogP contribution in [0, 0.1) is 0 Å². The predicted octanol–water partition coefficient (Wildman–Crippen LogP) is 0.945. The minimum Gasteiger partial charge on any atom is -0.451 e. The highest BCUT2D eigenvalue weighted by Crippen LogP contribution is 2.23. The van der Waals surface area contributed by atoms with Crippen LogP contribution in [0.25, 0.3) is 11.5 Å². The molecule has 0 radical (unpaired) electrons. The molecule has 2 aromatic rings. The fourth-order valence-corrected chi connectivity index (χ4v) is 4.88. The monoisotopic (exact) mass is 418 g/mol. The van der Waals surface area contributed by atoms with Crippen molar-refractivity contribution in [3.05, 3.63) is 36.2 Å². The van der Waals surface area contributed by atoms with Crippen LogP contribution in [0.5, 0.6) is 0 Å². The van der Waals surface area contributed by atoms with Gasteiger partial charge < -0.3 is 9.15 Å². The highest BCUT2D eigenvalue weighted by Gasteiger charge is 2.37. The maximum atomic E-state index is 12.3. The molecule has 1 atom stereocenters. The summed E-state index contributed by atoms with van der Waals surface area (Å²) in [5.74, 6) is -0.697. The van der Waals surface area contributed by atoms with E-state index >= 15 is 0 Å². The number of sulfone groups is 1. The van der Waals surface area contributed by atoms with E-state index in [0.29, 0.717) is 12.3 Å². The van der Waals surface area contributed by atoms with E-state index in [1.807, 2.05) is 30.3 Å². The van der Waals surface area contributed by atoms with E-state index in [-0.39, 0.29) is 48.5 Å². The van der Waals surface area contributed by atoms with E-state index in [0.717, 1.165) is 10.6 Å². The smallest absolute Gasteiger partial charge is 0.355 e. The number of amides is 1. The fourth-order valence-electron chi connectivity index (χ4n) is 3.19. The second-order valence-electron chi connectivity index (χ2n) is 6.78. The summed E-state index contributed by atoms with van der Waals surface area (Å²) in [4.78, 5) is 24.5. The predicted molar refractivity (Wildman–Crippen MR) is 100 cm³/mol. The molecule has 1 saturated heterocycles. The normalized spacial score (nSPS) is 21.1. The van der Waals surface area contributed by atoms with Crippen LogP contribution in [0.4, 0.5) is 0 Å². The van der Waals surface area contributed by atoms with Gasteiger partial charge in [0.2, 0.25) is 11.8 Å². The maximum absolute atomic E-state index is 12.3. The van der Waals surface area contributed by atoms with E-state index in [4.69, 9.17) is 9.15 Å². The molecular formula is C18H18N4O6S. The summed E-state index contributed by atoms with van der Waals surface area (Å²) in [6, 6.07) is 8.62. The van der Waals surface area contributed by atoms with Crippen molar-refractivity contribution in [3.8, 4) is 11.5 Å². The van der Waals surface area contributed by atoms with Gasteiger partial charge in [-0.3, -0.25) is 4.79 Å². The Labute approximate surface area is 166 Å². The van der Waals surface area contributed by atoms with Gasteiger partial charge in [-0.1, -0.05) is 18.2 Å². The lowest BCUT2D eigenvalue weighted by atomic mass is 10.1. The van der Waals surface area contributed by atoms with Crippen molar-refractivity contribution in [1.29, 1.82) is 0 Å². The van der Waals surface area contributed by atoms with Crippen molar-refractivity contribution in [2.75, 3.05) is 11.5 Å². The second kappa shape index (κ2) is 7.74. The van der Waals surface area contributed by atoms with Crippen LogP contribution in [0.1, 0.15) is 25.2 Å². The van der Waals surface area contributed by atoms with Crippen LogP contribution < -0.4 is 0 Å². The summed E-state index contributed by atoms with van der Waals surface area (Å²) in [5, 5.41) is 13.0. The molecule has 152 valence electrons. The second-order valence-corrected chi connectivity index (χ2v) is 9.01. The molecule has 1 unspecified atom stereocenters. The first-order valence-corrected chi connectivity index (χ1v) is 10.9. The van der Waals surface area contributed by atoms with Crippen LogP contribution >= 0.6 is 0 Å². The Kier molecular flexibility index (Phi) is 5.14. The molecule has 0 spiro atoms. The molecular weight excluding hydrogens is 400 g/mol. The molecule has 10 nitrogen and oxygen atoms in total. The van der Waals surface area contributed by atoms with Crippen molar-refractivity contribution in [2.45, 2.75) is 31.9 Å². The van der Waals surface area contributed by atoms with Gasteiger partial charge in [0.15, 0.2) is 16.4 Å². The topological polar surface area (TPSA) is 132 Å². The molecule has 2 aliphatic rings. The highest BCUT2D eigenvalue weighted by molar-refractivity contribution is 7.91. The van der Waals surface area contributed by atoms with E-state index in [1.54, 1.807) is 0 Å². The van der Waals surface area contributed by atoms with E-state index in [9.17, 15) is 18.0 Å². The zero-order valence-corrected chi connectivity index (χ0v) is 16.2.